The highest BCUT2D eigenvalue weighted by Crippen LogP contribution is 2.15. The molecule has 0 aliphatic heterocycles. The molecular weight excluding hydrogens is 240 g/mol. The van der Waals surface area contributed by atoms with E-state index in [4.69, 9.17) is 5.73 Å². The van der Waals surface area contributed by atoms with Crippen molar-refractivity contribution < 1.29 is 4.79 Å². The number of carbonyl (C=O) groups is 1. The van der Waals surface area contributed by atoms with E-state index in [0.717, 1.165) is 17.9 Å². The van der Waals surface area contributed by atoms with Crippen LogP contribution in [-0.4, -0.2) is 33.2 Å². The minimum Gasteiger partial charge on any atom is -0.396 e. The first-order chi connectivity index (χ1) is 8.73. The molecular formula is C14H26N4O. The number of anilines is 1. The molecule has 0 aliphatic rings. The van der Waals surface area contributed by atoms with Crippen LogP contribution in [0.4, 0.5) is 5.69 Å². The van der Waals surface area contributed by atoms with E-state index in [-0.39, 0.29) is 18.5 Å². The summed E-state index contributed by atoms with van der Waals surface area (Å²) in [4.78, 5) is 14.3. The van der Waals surface area contributed by atoms with Gasteiger partial charge in [-0.3, -0.25) is 9.48 Å². The number of nitrogens with zero attached hydrogens (tertiary/aromatic N) is 3. The van der Waals surface area contributed by atoms with Crippen molar-refractivity contribution in [3.05, 3.63) is 11.4 Å². The van der Waals surface area contributed by atoms with Gasteiger partial charge < -0.3 is 10.6 Å². The molecule has 19 heavy (non-hydrogen) atoms. The quantitative estimate of drug-likeness (QED) is 0.886. The molecule has 5 heteroatoms. The molecule has 0 bridgehead atoms. The minimum atomic E-state index is 0.0919. The third kappa shape index (κ3) is 3.72. The first kappa shape index (κ1) is 15.5. The maximum absolute atomic E-state index is 12.4. The zero-order valence-corrected chi connectivity index (χ0v) is 12.9. The van der Waals surface area contributed by atoms with E-state index >= 15 is 0 Å². The monoisotopic (exact) mass is 266 g/mol. The zero-order valence-electron chi connectivity index (χ0n) is 12.9. The molecule has 5 nitrogen and oxygen atoms in total. The van der Waals surface area contributed by atoms with Gasteiger partial charge in [-0.1, -0.05) is 13.8 Å². The highest BCUT2D eigenvalue weighted by molar-refractivity contribution is 5.76. The Balaban J connectivity index is 2.84. The topological polar surface area (TPSA) is 64.2 Å². The Hall–Kier alpha value is -1.52. The second kappa shape index (κ2) is 6.08. The lowest BCUT2D eigenvalue weighted by Gasteiger charge is -2.28. The standard InChI is InChI=1S/C14H26N4O/c1-9(2)7-17(10(3)4)13(19)8-18-12(6)14(15)11(5)16-18/h9-10H,7-8,15H2,1-6H3. The van der Waals surface area contributed by atoms with Gasteiger partial charge in [-0.05, 0) is 33.6 Å². The van der Waals surface area contributed by atoms with Crippen molar-refractivity contribution in [2.75, 3.05) is 12.3 Å². The summed E-state index contributed by atoms with van der Waals surface area (Å²) < 4.78 is 1.70. The maximum Gasteiger partial charge on any atom is 0.244 e. The van der Waals surface area contributed by atoms with Crippen LogP contribution in [0.3, 0.4) is 0 Å². The molecule has 0 saturated carbocycles. The number of rotatable bonds is 5. The minimum absolute atomic E-state index is 0.0919. The number of carbonyl (C=O) groups excluding carboxylic acids is 1. The average molecular weight is 266 g/mol. The summed E-state index contributed by atoms with van der Waals surface area (Å²) in [6.45, 7) is 13.1. The van der Waals surface area contributed by atoms with Gasteiger partial charge in [0.25, 0.3) is 0 Å². The molecule has 0 saturated heterocycles. The zero-order chi connectivity index (χ0) is 14.7. The molecule has 108 valence electrons. The lowest BCUT2D eigenvalue weighted by molar-refractivity contribution is -0.134. The Morgan fingerprint density at radius 2 is 1.89 bits per heavy atom. The first-order valence-electron chi connectivity index (χ1n) is 6.83. The molecule has 0 unspecified atom stereocenters. The van der Waals surface area contributed by atoms with Crippen molar-refractivity contribution in [2.45, 2.75) is 54.1 Å². The fourth-order valence-electron chi connectivity index (χ4n) is 2.08. The van der Waals surface area contributed by atoms with Gasteiger partial charge in [0.2, 0.25) is 5.91 Å². The molecule has 1 rings (SSSR count). The van der Waals surface area contributed by atoms with Crippen molar-refractivity contribution in [2.24, 2.45) is 5.92 Å². The number of aromatic nitrogens is 2. The highest BCUT2D eigenvalue weighted by atomic mass is 16.2. The van der Waals surface area contributed by atoms with E-state index in [1.165, 1.54) is 0 Å². The second-order valence-electron chi connectivity index (χ2n) is 5.78. The van der Waals surface area contributed by atoms with E-state index < -0.39 is 0 Å². The number of hydrogen-bond acceptors (Lipinski definition) is 3. The summed E-state index contributed by atoms with van der Waals surface area (Å²) in [6, 6.07) is 0.198. The molecule has 1 aromatic rings. The third-order valence-electron chi connectivity index (χ3n) is 3.23. The van der Waals surface area contributed by atoms with Gasteiger partial charge in [0.1, 0.15) is 6.54 Å². The third-order valence-corrected chi connectivity index (χ3v) is 3.23. The Morgan fingerprint density at radius 1 is 1.32 bits per heavy atom. The smallest absolute Gasteiger partial charge is 0.244 e. The van der Waals surface area contributed by atoms with Crippen molar-refractivity contribution >= 4 is 11.6 Å². The first-order valence-corrected chi connectivity index (χ1v) is 6.83. The van der Waals surface area contributed by atoms with Crippen LogP contribution in [0.25, 0.3) is 0 Å². The molecule has 0 aromatic carbocycles. The van der Waals surface area contributed by atoms with Crippen molar-refractivity contribution in [3.8, 4) is 0 Å². The number of aryl methyl sites for hydroxylation is 1. The summed E-state index contributed by atoms with van der Waals surface area (Å²) in [5.41, 5.74) is 8.20. The summed E-state index contributed by atoms with van der Waals surface area (Å²) in [5.74, 6) is 0.547. The number of amides is 1. The van der Waals surface area contributed by atoms with Crippen LogP contribution in [-0.2, 0) is 11.3 Å². The van der Waals surface area contributed by atoms with Crippen molar-refractivity contribution in [1.82, 2.24) is 14.7 Å². The maximum atomic E-state index is 12.4. The Morgan fingerprint density at radius 3 is 2.26 bits per heavy atom. The van der Waals surface area contributed by atoms with Crippen LogP contribution >= 0.6 is 0 Å². The van der Waals surface area contributed by atoms with Gasteiger partial charge in [0, 0.05) is 12.6 Å². The Labute approximate surface area is 115 Å². The highest BCUT2D eigenvalue weighted by Gasteiger charge is 2.20. The van der Waals surface area contributed by atoms with Crippen molar-refractivity contribution in [3.63, 3.8) is 0 Å². The SMILES string of the molecule is Cc1nn(CC(=O)N(CC(C)C)C(C)C)c(C)c1N. The summed E-state index contributed by atoms with van der Waals surface area (Å²) in [5, 5.41) is 4.31. The molecule has 2 N–H and O–H groups in total. The lowest BCUT2D eigenvalue weighted by Crippen LogP contribution is -2.41. The van der Waals surface area contributed by atoms with Crippen LogP contribution in [0.15, 0.2) is 0 Å². The number of nitrogen functional groups attached to an aromatic ring is 1. The average Bonchev–Trinajstić information content (AvgIpc) is 2.53. The Kier molecular flexibility index (Phi) is 4.97. The molecule has 0 aliphatic carbocycles. The van der Waals surface area contributed by atoms with E-state index in [9.17, 15) is 4.79 Å². The fraction of sp³-hybridized carbons (Fsp3) is 0.714. The van der Waals surface area contributed by atoms with Crippen LogP contribution in [0.5, 0.6) is 0 Å². The molecule has 0 radical (unpaired) electrons. The summed E-state index contributed by atoms with van der Waals surface area (Å²) in [6.07, 6.45) is 0. The Bertz CT molecular complexity index is 449. The normalized spacial score (nSPS) is 11.4. The van der Waals surface area contributed by atoms with Gasteiger partial charge in [0.15, 0.2) is 0 Å². The van der Waals surface area contributed by atoms with Gasteiger partial charge in [-0.15, -0.1) is 0 Å². The molecule has 1 aromatic heterocycles. The fourth-order valence-corrected chi connectivity index (χ4v) is 2.08. The lowest BCUT2D eigenvalue weighted by atomic mass is 10.2. The van der Waals surface area contributed by atoms with Crippen LogP contribution < -0.4 is 5.73 Å². The molecule has 1 heterocycles. The summed E-state index contributed by atoms with van der Waals surface area (Å²) >= 11 is 0. The van der Waals surface area contributed by atoms with Crippen LogP contribution in [0.2, 0.25) is 0 Å². The van der Waals surface area contributed by atoms with Gasteiger partial charge in [-0.25, -0.2) is 0 Å². The van der Waals surface area contributed by atoms with Crippen molar-refractivity contribution in [1.29, 1.82) is 0 Å². The molecule has 0 fully saturated rings. The molecule has 0 atom stereocenters. The van der Waals surface area contributed by atoms with E-state index in [1.807, 2.05) is 32.6 Å². The van der Waals surface area contributed by atoms with Gasteiger partial charge in [0.05, 0.1) is 17.1 Å². The van der Waals surface area contributed by atoms with Gasteiger partial charge >= 0.3 is 0 Å². The van der Waals surface area contributed by atoms with Gasteiger partial charge in [-0.2, -0.15) is 5.10 Å². The molecule has 0 spiro atoms. The van der Waals surface area contributed by atoms with Crippen LogP contribution in [0, 0.1) is 19.8 Å². The number of nitrogens with two attached hydrogens (primary N) is 1. The van der Waals surface area contributed by atoms with E-state index in [0.29, 0.717) is 11.6 Å². The predicted octanol–water partition coefficient (Wildman–Crippen LogP) is 1.98. The predicted molar refractivity (Wildman–Crippen MR) is 77.8 cm³/mol. The van der Waals surface area contributed by atoms with Crippen LogP contribution in [0.1, 0.15) is 39.1 Å². The van der Waals surface area contributed by atoms with E-state index in [2.05, 4.69) is 18.9 Å². The van der Waals surface area contributed by atoms with E-state index in [1.54, 1.807) is 4.68 Å². The number of hydrogen-bond donors (Lipinski definition) is 1. The molecule has 1 amide bonds. The largest absolute Gasteiger partial charge is 0.396 e. The second-order valence-corrected chi connectivity index (χ2v) is 5.78. The summed E-state index contributed by atoms with van der Waals surface area (Å²) in [7, 11) is 0.